The van der Waals surface area contributed by atoms with E-state index in [1.54, 1.807) is 23.9 Å². The summed E-state index contributed by atoms with van der Waals surface area (Å²) in [6.07, 6.45) is 7.48. The van der Waals surface area contributed by atoms with Gasteiger partial charge in [0.25, 0.3) is 0 Å². The van der Waals surface area contributed by atoms with Gasteiger partial charge in [-0.15, -0.1) is 11.8 Å². The molecule has 2 N–H and O–H groups in total. The Bertz CT molecular complexity index is 420. The van der Waals surface area contributed by atoms with E-state index >= 15 is 0 Å². The number of aliphatic hydroxyl groups is 1. The standard InChI is InChI=1S/C14H16O2S/c15-12-3-1-2-11(4-5-12)10-17-14-8-6-13(16)7-9-14/h2,4-9,12,15-16H,1,3,10H2. The molecule has 1 unspecified atom stereocenters. The van der Waals surface area contributed by atoms with Crippen molar-refractivity contribution < 1.29 is 10.2 Å². The molecule has 1 aromatic rings. The predicted octanol–water partition coefficient (Wildman–Crippen LogP) is 3.12. The van der Waals surface area contributed by atoms with Crippen molar-refractivity contribution in [2.45, 2.75) is 23.8 Å². The van der Waals surface area contributed by atoms with E-state index in [9.17, 15) is 10.2 Å². The zero-order valence-electron chi connectivity index (χ0n) is 9.54. The Labute approximate surface area is 106 Å². The van der Waals surface area contributed by atoms with Crippen LogP contribution < -0.4 is 0 Å². The highest BCUT2D eigenvalue weighted by molar-refractivity contribution is 7.99. The van der Waals surface area contributed by atoms with Crippen LogP contribution in [-0.4, -0.2) is 22.1 Å². The molecule has 1 aliphatic carbocycles. The molecule has 0 saturated carbocycles. The highest BCUT2D eigenvalue weighted by Gasteiger charge is 2.04. The van der Waals surface area contributed by atoms with Gasteiger partial charge in [0.2, 0.25) is 0 Å². The topological polar surface area (TPSA) is 40.5 Å². The van der Waals surface area contributed by atoms with Gasteiger partial charge >= 0.3 is 0 Å². The molecule has 0 fully saturated rings. The van der Waals surface area contributed by atoms with Gasteiger partial charge in [-0.05, 0) is 42.7 Å². The summed E-state index contributed by atoms with van der Waals surface area (Å²) in [5.41, 5.74) is 1.25. The third-order valence-corrected chi connectivity index (χ3v) is 3.73. The van der Waals surface area contributed by atoms with E-state index in [1.165, 1.54) is 5.57 Å². The van der Waals surface area contributed by atoms with Gasteiger partial charge in [0.1, 0.15) is 5.75 Å². The van der Waals surface area contributed by atoms with Crippen LogP contribution in [0.5, 0.6) is 5.75 Å². The smallest absolute Gasteiger partial charge is 0.115 e. The lowest BCUT2D eigenvalue weighted by molar-refractivity contribution is 0.215. The largest absolute Gasteiger partial charge is 0.508 e. The number of benzene rings is 1. The van der Waals surface area contributed by atoms with Crippen LogP contribution in [0.2, 0.25) is 0 Å². The number of aliphatic hydroxyl groups excluding tert-OH is 1. The zero-order valence-corrected chi connectivity index (χ0v) is 10.4. The lowest BCUT2D eigenvalue weighted by Gasteiger charge is -2.02. The minimum atomic E-state index is -0.303. The molecule has 0 radical (unpaired) electrons. The van der Waals surface area contributed by atoms with Crippen molar-refractivity contribution in [3.05, 3.63) is 48.1 Å². The molecule has 0 heterocycles. The fraction of sp³-hybridized carbons (Fsp3) is 0.286. The minimum Gasteiger partial charge on any atom is -0.508 e. The van der Waals surface area contributed by atoms with Crippen LogP contribution in [0.15, 0.2) is 53.0 Å². The first-order valence-electron chi connectivity index (χ1n) is 5.71. The average Bonchev–Trinajstić information content (AvgIpc) is 2.54. The summed E-state index contributed by atoms with van der Waals surface area (Å²) in [6.45, 7) is 0. The molecule has 0 spiro atoms. The molecule has 1 aliphatic rings. The third-order valence-electron chi connectivity index (χ3n) is 2.64. The Hall–Kier alpha value is -1.19. The number of hydrogen-bond acceptors (Lipinski definition) is 3. The minimum absolute atomic E-state index is 0.297. The molecule has 2 nitrogen and oxygen atoms in total. The summed E-state index contributed by atoms with van der Waals surface area (Å²) in [5.74, 6) is 1.19. The van der Waals surface area contributed by atoms with Gasteiger partial charge in [0, 0.05) is 10.6 Å². The fourth-order valence-electron chi connectivity index (χ4n) is 1.65. The quantitative estimate of drug-likeness (QED) is 0.807. The lowest BCUT2D eigenvalue weighted by Crippen LogP contribution is -1.98. The van der Waals surface area contributed by atoms with Crippen LogP contribution >= 0.6 is 11.8 Å². The Morgan fingerprint density at radius 1 is 1.24 bits per heavy atom. The Kier molecular flexibility index (Phi) is 4.29. The van der Waals surface area contributed by atoms with Crippen molar-refractivity contribution in [1.29, 1.82) is 0 Å². The van der Waals surface area contributed by atoms with Crippen molar-refractivity contribution in [1.82, 2.24) is 0 Å². The van der Waals surface area contributed by atoms with Gasteiger partial charge in [0.15, 0.2) is 0 Å². The fourth-order valence-corrected chi connectivity index (χ4v) is 2.53. The molecule has 17 heavy (non-hydrogen) atoms. The van der Waals surface area contributed by atoms with Crippen LogP contribution in [0.3, 0.4) is 0 Å². The summed E-state index contributed by atoms with van der Waals surface area (Å²) in [5, 5.41) is 18.6. The molecular weight excluding hydrogens is 232 g/mol. The molecule has 90 valence electrons. The average molecular weight is 248 g/mol. The van der Waals surface area contributed by atoms with Gasteiger partial charge < -0.3 is 10.2 Å². The third kappa shape index (κ3) is 3.95. The summed E-state index contributed by atoms with van der Waals surface area (Å²) in [6, 6.07) is 7.22. The Morgan fingerprint density at radius 3 is 2.76 bits per heavy atom. The molecule has 1 aromatic carbocycles. The summed E-state index contributed by atoms with van der Waals surface area (Å²) >= 11 is 1.73. The van der Waals surface area contributed by atoms with Crippen molar-refractivity contribution >= 4 is 11.8 Å². The van der Waals surface area contributed by atoms with E-state index in [2.05, 4.69) is 6.08 Å². The highest BCUT2D eigenvalue weighted by atomic mass is 32.2. The first-order chi connectivity index (χ1) is 8.24. The van der Waals surface area contributed by atoms with Crippen molar-refractivity contribution in [3.8, 4) is 5.75 Å². The van der Waals surface area contributed by atoms with Gasteiger partial charge in [-0.25, -0.2) is 0 Å². The number of rotatable bonds is 3. The van der Waals surface area contributed by atoms with E-state index in [-0.39, 0.29) is 6.10 Å². The van der Waals surface area contributed by atoms with E-state index in [4.69, 9.17) is 0 Å². The summed E-state index contributed by atoms with van der Waals surface area (Å²) < 4.78 is 0. The molecule has 0 amide bonds. The molecule has 2 rings (SSSR count). The van der Waals surface area contributed by atoms with Crippen molar-refractivity contribution in [2.75, 3.05) is 5.75 Å². The molecule has 0 bridgehead atoms. The van der Waals surface area contributed by atoms with Gasteiger partial charge in [-0.2, -0.15) is 0 Å². The first-order valence-corrected chi connectivity index (χ1v) is 6.70. The second kappa shape index (κ2) is 5.94. The van der Waals surface area contributed by atoms with Crippen LogP contribution in [0.4, 0.5) is 0 Å². The maximum atomic E-state index is 9.47. The molecule has 0 aromatic heterocycles. The van der Waals surface area contributed by atoms with Crippen molar-refractivity contribution in [2.24, 2.45) is 0 Å². The number of hydrogen-bond donors (Lipinski definition) is 2. The van der Waals surface area contributed by atoms with Crippen LogP contribution in [0.25, 0.3) is 0 Å². The maximum absolute atomic E-state index is 9.47. The maximum Gasteiger partial charge on any atom is 0.115 e. The highest BCUT2D eigenvalue weighted by Crippen LogP contribution is 2.24. The Morgan fingerprint density at radius 2 is 2.00 bits per heavy atom. The Balaban J connectivity index is 1.91. The molecule has 0 aliphatic heterocycles. The van der Waals surface area contributed by atoms with Gasteiger partial charge in [-0.3, -0.25) is 0 Å². The second-order valence-electron chi connectivity index (χ2n) is 4.07. The van der Waals surface area contributed by atoms with Crippen LogP contribution in [-0.2, 0) is 0 Å². The molecule has 0 saturated heterocycles. The van der Waals surface area contributed by atoms with Gasteiger partial charge in [-0.1, -0.05) is 18.2 Å². The number of thioether (sulfide) groups is 1. The predicted molar refractivity (Wildman–Crippen MR) is 71.3 cm³/mol. The zero-order chi connectivity index (χ0) is 12.1. The lowest BCUT2D eigenvalue weighted by atomic mass is 10.2. The number of aromatic hydroxyl groups is 1. The SMILES string of the molecule is Oc1ccc(SCC2=CCCC(O)C=C2)cc1. The number of phenols is 1. The normalized spacial score (nSPS) is 19.8. The second-order valence-corrected chi connectivity index (χ2v) is 5.11. The van der Waals surface area contributed by atoms with E-state index < -0.39 is 0 Å². The van der Waals surface area contributed by atoms with Gasteiger partial charge in [0.05, 0.1) is 6.10 Å². The summed E-state index contributed by atoms with van der Waals surface area (Å²) in [7, 11) is 0. The molecule has 1 atom stereocenters. The van der Waals surface area contributed by atoms with E-state index in [0.29, 0.717) is 5.75 Å². The summed E-state index contributed by atoms with van der Waals surface area (Å²) in [4.78, 5) is 1.14. The van der Waals surface area contributed by atoms with Crippen molar-refractivity contribution in [3.63, 3.8) is 0 Å². The van der Waals surface area contributed by atoms with Crippen LogP contribution in [0.1, 0.15) is 12.8 Å². The van der Waals surface area contributed by atoms with Crippen LogP contribution in [0, 0.1) is 0 Å². The molecule has 3 heteroatoms. The monoisotopic (exact) mass is 248 g/mol. The number of phenolic OH excluding ortho intramolecular Hbond substituents is 1. The van der Waals surface area contributed by atoms with E-state index in [0.717, 1.165) is 23.5 Å². The van der Waals surface area contributed by atoms with E-state index in [1.807, 2.05) is 24.3 Å². The first kappa shape index (κ1) is 12.3. The number of allylic oxidation sites excluding steroid dienone is 2. The molecular formula is C14H16O2S.